The lowest BCUT2D eigenvalue weighted by Crippen LogP contribution is -2.06. The van der Waals surface area contributed by atoms with Gasteiger partial charge >= 0.3 is 0 Å². The molecule has 19 heavy (non-hydrogen) atoms. The second-order valence-electron chi connectivity index (χ2n) is 4.53. The van der Waals surface area contributed by atoms with Gasteiger partial charge < -0.3 is 14.2 Å². The van der Waals surface area contributed by atoms with E-state index in [0.29, 0.717) is 18.1 Å². The molecule has 0 N–H and O–H groups in total. The molecule has 0 aliphatic heterocycles. The molecule has 1 aliphatic rings. The lowest BCUT2D eigenvalue weighted by molar-refractivity contribution is 0.178. The number of hydrogen-bond donors (Lipinski definition) is 0. The average Bonchev–Trinajstić information content (AvgIpc) is 3.20. The normalized spacial score (nSPS) is 15.5. The Morgan fingerprint density at radius 1 is 1.21 bits per heavy atom. The zero-order valence-corrected chi connectivity index (χ0v) is 11.4. The molecule has 1 aromatic carbocycles. The number of methoxy groups -OCH3 is 3. The van der Waals surface area contributed by atoms with Gasteiger partial charge in [0.2, 0.25) is 6.08 Å². The van der Waals surface area contributed by atoms with Crippen LogP contribution in [0.15, 0.2) is 17.1 Å². The van der Waals surface area contributed by atoms with Crippen LogP contribution in [0.4, 0.5) is 0 Å². The molecule has 0 amide bonds. The molecular weight excluding hydrogens is 246 g/mol. The van der Waals surface area contributed by atoms with E-state index in [0.717, 1.165) is 24.0 Å². The molecule has 0 radical (unpaired) electrons. The fourth-order valence-electron chi connectivity index (χ4n) is 2.21. The van der Waals surface area contributed by atoms with Crippen LogP contribution in [-0.2, 0) is 21.7 Å². The molecule has 0 unspecified atom stereocenters. The quantitative estimate of drug-likeness (QED) is 0.583. The average molecular weight is 263 g/mol. The third-order valence-corrected chi connectivity index (χ3v) is 3.42. The zero-order valence-electron chi connectivity index (χ0n) is 11.4. The molecule has 1 fully saturated rings. The number of rotatable bonds is 6. The van der Waals surface area contributed by atoms with Crippen molar-refractivity contribution in [1.82, 2.24) is 0 Å². The summed E-state index contributed by atoms with van der Waals surface area (Å²) >= 11 is 0. The van der Waals surface area contributed by atoms with Crippen LogP contribution in [0.25, 0.3) is 0 Å². The highest BCUT2D eigenvalue weighted by Crippen LogP contribution is 2.51. The zero-order chi connectivity index (χ0) is 13.9. The summed E-state index contributed by atoms with van der Waals surface area (Å²) in [6.07, 6.45) is 3.34. The number of hydrogen-bond acceptors (Lipinski definition) is 5. The molecule has 2 rings (SSSR count). The van der Waals surface area contributed by atoms with Crippen molar-refractivity contribution < 1.29 is 19.0 Å². The topological polar surface area (TPSA) is 57.1 Å². The van der Waals surface area contributed by atoms with Crippen molar-refractivity contribution in [3.8, 4) is 11.5 Å². The van der Waals surface area contributed by atoms with Crippen molar-refractivity contribution in [2.75, 3.05) is 21.3 Å². The van der Waals surface area contributed by atoms with Crippen LogP contribution < -0.4 is 9.47 Å². The van der Waals surface area contributed by atoms with Crippen LogP contribution in [0, 0.1) is 0 Å². The predicted molar refractivity (Wildman–Crippen MR) is 69.3 cm³/mol. The van der Waals surface area contributed by atoms with E-state index in [-0.39, 0.29) is 0 Å². The number of isocyanates is 1. The SMILES string of the molecule is COCc1c(OC)cc(C2(N=C=O)CC2)cc1OC. The molecule has 1 saturated carbocycles. The Morgan fingerprint density at radius 2 is 1.79 bits per heavy atom. The van der Waals surface area contributed by atoms with Gasteiger partial charge in [-0.05, 0) is 30.5 Å². The molecule has 0 atom stereocenters. The van der Waals surface area contributed by atoms with Gasteiger partial charge in [0, 0.05) is 7.11 Å². The van der Waals surface area contributed by atoms with E-state index in [1.54, 1.807) is 27.4 Å². The first-order valence-corrected chi connectivity index (χ1v) is 6.04. The van der Waals surface area contributed by atoms with E-state index < -0.39 is 5.54 Å². The maximum atomic E-state index is 10.5. The van der Waals surface area contributed by atoms with Crippen molar-refractivity contribution in [3.63, 3.8) is 0 Å². The maximum Gasteiger partial charge on any atom is 0.235 e. The summed E-state index contributed by atoms with van der Waals surface area (Å²) in [5.74, 6) is 1.37. The first-order valence-electron chi connectivity index (χ1n) is 6.04. The van der Waals surface area contributed by atoms with Crippen LogP contribution >= 0.6 is 0 Å². The van der Waals surface area contributed by atoms with Crippen molar-refractivity contribution in [2.45, 2.75) is 25.0 Å². The lowest BCUT2D eigenvalue weighted by Gasteiger charge is -2.17. The molecule has 102 valence electrons. The van der Waals surface area contributed by atoms with Gasteiger partial charge in [-0.15, -0.1) is 0 Å². The fraction of sp³-hybridized carbons (Fsp3) is 0.500. The number of benzene rings is 1. The van der Waals surface area contributed by atoms with Gasteiger partial charge in [-0.3, -0.25) is 0 Å². The largest absolute Gasteiger partial charge is 0.496 e. The third-order valence-electron chi connectivity index (χ3n) is 3.42. The van der Waals surface area contributed by atoms with E-state index in [1.807, 2.05) is 12.1 Å². The molecule has 0 saturated heterocycles. The van der Waals surface area contributed by atoms with E-state index in [1.165, 1.54) is 0 Å². The molecular formula is C14H17NO4. The molecule has 0 aromatic heterocycles. The monoisotopic (exact) mass is 263 g/mol. The van der Waals surface area contributed by atoms with Crippen molar-refractivity contribution in [1.29, 1.82) is 0 Å². The molecule has 5 heteroatoms. The van der Waals surface area contributed by atoms with Gasteiger partial charge in [0.1, 0.15) is 11.5 Å². The molecule has 1 aliphatic carbocycles. The lowest BCUT2D eigenvalue weighted by atomic mass is 10.0. The second-order valence-corrected chi connectivity index (χ2v) is 4.53. The van der Waals surface area contributed by atoms with Crippen LogP contribution in [0.2, 0.25) is 0 Å². The summed E-state index contributed by atoms with van der Waals surface area (Å²) in [5.41, 5.74) is 1.33. The second kappa shape index (κ2) is 5.43. The number of aliphatic imine (C=N–C) groups is 1. The summed E-state index contributed by atoms with van der Waals surface area (Å²) in [6.45, 7) is 0.399. The summed E-state index contributed by atoms with van der Waals surface area (Å²) in [4.78, 5) is 14.5. The van der Waals surface area contributed by atoms with E-state index >= 15 is 0 Å². The highest BCUT2D eigenvalue weighted by molar-refractivity contribution is 5.52. The summed E-state index contributed by atoms with van der Waals surface area (Å²) in [5, 5.41) is 0. The molecule has 0 bridgehead atoms. The maximum absolute atomic E-state index is 10.5. The third kappa shape index (κ3) is 2.48. The van der Waals surface area contributed by atoms with Gasteiger partial charge in [-0.25, -0.2) is 4.79 Å². The standard InChI is InChI=1S/C14H17NO4/c1-17-8-11-12(18-2)6-10(7-13(11)19-3)14(4-5-14)15-9-16/h6-7H,4-5,8H2,1-3H3. The molecule has 0 heterocycles. The van der Waals surface area contributed by atoms with E-state index in [4.69, 9.17) is 14.2 Å². The Balaban J connectivity index is 2.50. The number of carbonyl (C=O) groups excluding carboxylic acids is 1. The number of ether oxygens (including phenoxy) is 3. The van der Waals surface area contributed by atoms with E-state index in [2.05, 4.69) is 4.99 Å². The Labute approximate surface area is 112 Å². The van der Waals surface area contributed by atoms with Crippen LogP contribution in [0.5, 0.6) is 11.5 Å². The smallest absolute Gasteiger partial charge is 0.235 e. The Bertz CT molecular complexity index is 491. The molecule has 5 nitrogen and oxygen atoms in total. The van der Waals surface area contributed by atoms with Gasteiger partial charge in [0.15, 0.2) is 0 Å². The van der Waals surface area contributed by atoms with Gasteiger partial charge in [-0.2, -0.15) is 4.99 Å². The van der Waals surface area contributed by atoms with E-state index in [9.17, 15) is 4.79 Å². The first-order chi connectivity index (χ1) is 9.20. The van der Waals surface area contributed by atoms with Crippen molar-refractivity contribution in [3.05, 3.63) is 23.3 Å². The van der Waals surface area contributed by atoms with Crippen molar-refractivity contribution in [2.24, 2.45) is 4.99 Å². The number of nitrogens with zero attached hydrogens (tertiary/aromatic N) is 1. The fourth-order valence-corrected chi connectivity index (χ4v) is 2.21. The summed E-state index contributed by atoms with van der Waals surface area (Å²) < 4.78 is 15.9. The first kappa shape index (κ1) is 13.6. The minimum Gasteiger partial charge on any atom is -0.496 e. The summed E-state index contributed by atoms with van der Waals surface area (Å²) in [7, 11) is 4.81. The van der Waals surface area contributed by atoms with Gasteiger partial charge in [0.05, 0.1) is 31.9 Å². The van der Waals surface area contributed by atoms with Crippen LogP contribution in [-0.4, -0.2) is 27.4 Å². The Hall–Kier alpha value is -1.84. The van der Waals surface area contributed by atoms with Gasteiger partial charge in [0.25, 0.3) is 0 Å². The Kier molecular flexibility index (Phi) is 3.88. The Morgan fingerprint density at radius 3 is 2.16 bits per heavy atom. The predicted octanol–water partition coefficient (Wildman–Crippen LogP) is 2.18. The molecule has 0 spiro atoms. The van der Waals surface area contributed by atoms with Crippen molar-refractivity contribution >= 4 is 6.08 Å². The van der Waals surface area contributed by atoms with Crippen LogP contribution in [0.1, 0.15) is 24.0 Å². The van der Waals surface area contributed by atoms with Gasteiger partial charge in [-0.1, -0.05) is 0 Å². The summed E-state index contributed by atoms with van der Waals surface area (Å²) in [6, 6.07) is 3.79. The highest BCUT2D eigenvalue weighted by atomic mass is 16.5. The minimum absolute atomic E-state index is 0.399. The van der Waals surface area contributed by atoms with Crippen LogP contribution in [0.3, 0.4) is 0 Å². The highest BCUT2D eigenvalue weighted by Gasteiger charge is 2.45. The minimum atomic E-state index is -0.437. The molecule has 1 aromatic rings.